The highest BCUT2D eigenvalue weighted by molar-refractivity contribution is 14.1. The van der Waals surface area contributed by atoms with E-state index in [1.54, 1.807) is 34.6 Å². The smallest absolute Gasteiger partial charge is 0.471 e. The molecule has 19 heteroatoms. The summed E-state index contributed by atoms with van der Waals surface area (Å²) < 4.78 is 89.4. The summed E-state index contributed by atoms with van der Waals surface area (Å²) in [5.74, 6) is -3.46. The SMILES string of the molecule is CCOC(=O)[C@H](Cc1cc(I)c(Oc2cc(I)c(O)c(I)c2)c(I)c1)N(CCCCNC(=O)C(F)(F)F)CCCCNC(=O)C(F)(F)F. The lowest BCUT2D eigenvalue weighted by Gasteiger charge is -2.30. The lowest BCUT2D eigenvalue weighted by atomic mass is 10.0. The highest BCUT2D eigenvalue weighted by atomic mass is 127. The zero-order valence-electron chi connectivity index (χ0n) is 25.2. The van der Waals surface area contributed by atoms with E-state index < -0.39 is 36.2 Å². The summed E-state index contributed by atoms with van der Waals surface area (Å²) in [7, 11) is 0. The van der Waals surface area contributed by atoms with E-state index in [-0.39, 0.29) is 70.6 Å². The third kappa shape index (κ3) is 14.3. The van der Waals surface area contributed by atoms with Gasteiger partial charge in [-0.25, -0.2) is 0 Å². The largest absolute Gasteiger partial charge is 0.506 e. The van der Waals surface area contributed by atoms with E-state index in [4.69, 9.17) is 9.47 Å². The summed E-state index contributed by atoms with van der Waals surface area (Å²) in [5, 5.41) is 13.7. The van der Waals surface area contributed by atoms with Crippen LogP contribution in [0.4, 0.5) is 26.3 Å². The molecule has 48 heavy (non-hydrogen) atoms. The molecule has 3 N–H and O–H groups in total. The Morgan fingerprint density at radius 1 is 0.792 bits per heavy atom. The molecule has 0 unspecified atom stereocenters. The van der Waals surface area contributed by atoms with Crippen LogP contribution >= 0.6 is 90.4 Å². The Bertz CT molecular complexity index is 1350. The number of halogens is 10. The van der Waals surface area contributed by atoms with Gasteiger partial charge in [0, 0.05) is 13.1 Å². The third-order valence-corrected chi connectivity index (χ3v) is 9.77. The molecule has 0 spiro atoms. The zero-order chi connectivity index (χ0) is 36.2. The second-order valence-corrected chi connectivity index (χ2v) is 14.8. The van der Waals surface area contributed by atoms with E-state index >= 15 is 0 Å². The van der Waals surface area contributed by atoms with Crippen LogP contribution in [0.15, 0.2) is 24.3 Å². The first-order valence-corrected chi connectivity index (χ1v) is 18.6. The van der Waals surface area contributed by atoms with Gasteiger partial charge in [0.1, 0.15) is 17.5 Å². The topological polar surface area (TPSA) is 117 Å². The molecule has 0 aromatic heterocycles. The molecule has 1 atom stereocenters. The first-order chi connectivity index (χ1) is 22.3. The number of phenols is 1. The van der Waals surface area contributed by atoms with Crippen molar-refractivity contribution in [1.82, 2.24) is 15.5 Å². The molecule has 0 saturated carbocycles. The number of nitrogens with one attached hydrogen (secondary N) is 2. The molecule has 0 aliphatic rings. The number of nitrogens with zero attached hydrogens (tertiary/aromatic N) is 1. The van der Waals surface area contributed by atoms with Crippen LogP contribution in [0.2, 0.25) is 0 Å². The number of hydrogen-bond donors (Lipinski definition) is 3. The molecule has 0 fully saturated rings. The minimum Gasteiger partial charge on any atom is -0.506 e. The minimum atomic E-state index is -5.01. The monoisotopic (exact) mass is 1140 g/mol. The number of carbonyl (C=O) groups excluding carboxylic acids is 3. The van der Waals surface area contributed by atoms with Crippen molar-refractivity contribution in [3.63, 3.8) is 0 Å². The number of rotatable bonds is 17. The summed E-state index contributed by atoms with van der Waals surface area (Å²) >= 11 is 8.20. The third-order valence-electron chi connectivity index (χ3n) is 6.53. The number of ether oxygens (including phenoxy) is 2. The highest BCUT2D eigenvalue weighted by Gasteiger charge is 2.39. The van der Waals surface area contributed by atoms with Crippen LogP contribution in [0, 0.1) is 14.3 Å². The Labute approximate surface area is 327 Å². The molecule has 0 aliphatic carbocycles. The molecular weight excluding hydrogens is 1110 g/mol. The van der Waals surface area contributed by atoms with E-state index in [9.17, 15) is 45.8 Å². The van der Waals surface area contributed by atoms with E-state index in [2.05, 4.69) is 45.2 Å². The maximum atomic E-state index is 13.3. The number of alkyl halides is 6. The maximum absolute atomic E-state index is 13.3. The van der Waals surface area contributed by atoms with Crippen LogP contribution < -0.4 is 15.4 Å². The van der Waals surface area contributed by atoms with Crippen LogP contribution in [-0.4, -0.2) is 79.0 Å². The molecule has 0 heterocycles. The number of hydrogen-bond acceptors (Lipinski definition) is 7. The minimum absolute atomic E-state index is 0.0716. The van der Waals surface area contributed by atoms with Gasteiger partial charge in [-0.05, 0) is 172 Å². The Balaban J connectivity index is 2.25. The number of phenolic OH excluding ortho intramolecular Hbond substituents is 1. The fourth-order valence-electron chi connectivity index (χ4n) is 4.28. The fraction of sp³-hybridized carbons (Fsp3) is 0.483. The Morgan fingerprint density at radius 2 is 1.25 bits per heavy atom. The Kier molecular flexibility index (Phi) is 18.0. The maximum Gasteiger partial charge on any atom is 0.471 e. The van der Waals surface area contributed by atoms with Gasteiger partial charge in [0.2, 0.25) is 0 Å². The predicted octanol–water partition coefficient (Wildman–Crippen LogP) is 7.30. The number of amides is 2. The molecule has 0 aliphatic heterocycles. The van der Waals surface area contributed by atoms with Crippen molar-refractivity contribution in [3.05, 3.63) is 44.1 Å². The van der Waals surface area contributed by atoms with Gasteiger partial charge >= 0.3 is 30.1 Å². The van der Waals surface area contributed by atoms with Gasteiger partial charge in [0.05, 0.1) is 20.9 Å². The number of aromatic hydroxyl groups is 1. The number of esters is 1. The quantitative estimate of drug-likeness (QED) is 0.0660. The first kappa shape index (κ1) is 43.1. The molecular formula is C29H31F6I4N3O6. The number of carbonyl (C=O) groups is 3. The van der Waals surface area contributed by atoms with Crippen molar-refractivity contribution in [1.29, 1.82) is 0 Å². The lowest BCUT2D eigenvalue weighted by molar-refractivity contribution is -0.173. The molecule has 0 radical (unpaired) electrons. The molecule has 268 valence electrons. The van der Waals surface area contributed by atoms with E-state index in [1.807, 2.05) is 57.3 Å². The van der Waals surface area contributed by atoms with Gasteiger partial charge in [-0.3, -0.25) is 19.3 Å². The number of benzene rings is 2. The van der Waals surface area contributed by atoms with E-state index in [0.717, 1.165) is 12.7 Å². The van der Waals surface area contributed by atoms with Crippen LogP contribution in [0.5, 0.6) is 17.2 Å². The van der Waals surface area contributed by atoms with Gasteiger partial charge in [0.15, 0.2) is 5.75 Å². The average molecular weight is 1140 g/mol. The van der Waals surface area contributed by atoms with E-state index in [1.165, 1.54) is 0 Å². The molecule has 2 aromatic rings. The summed E-state index contributed by atoms with van der Waals surface area (Å²) in [4.78, 5) is 37.3. The standard InChI is InChI=1S/C29H31F6I4N3O6/c1-2-47-25(44)22(13-16-11-20(38)24(21(39)12-16)48-17-14-18(36)23(43)19(37)15-17)42(9-5-3-7-40-26(45)28(30,31)32)10-6-4-8-41-27(46)29(33,34)35/h11-12,14-15,22,43H,2-10,13H2,1H3,(H,40,45)(H,41,46)/t22-/m0/s1. The van der Waals surface area contributed by atoms with Crippen molar-refractivity contribution in [2.75, 3.05) is 32.8 Å². The summed E-state index contributed by atoms with van der Waals surface area (Å²) in [6.45, 7) is 1.60. The van der Waals surface area contributed by atoms with Gasteiger partial charge in [-0.1, -0.05) is 0 Å². The highest BCUT2D eigenvalue weighted by Crippen LogP contribution is 2.37. The lowest BCUT2D eigenvalue weighted by Crippen LogP contribution is -2.45. The Morgan fingerprint density at radius 3 is 1.67 bits per heavy atom. The van der Waals surface area contributed by atoms with Gasteiger partial charge in [0.25, 0.3) is 0 Å². The van der Waals surface area contributed by atoms with Crippen molar-refractivity contribution in [3.8, 4) is 17.2 Å². The molecule has 0 bridgehead atoms. The van der Waals surface area contributed by atoms with E-state index in [0.29, 0.717) is 18.6 Å². The van der Waals surface area contributed by atoms with Gasteiger partial charge in [-0.2, -0.15) is 26.3 Å². The second-order valence-electron chi connectivity index (χ2n) is 10.2. The van der Waals surface area contributed by atoms with Crippen molar-refractivity contribution in [2.45, 2.75) is 57.4 Å². The molecule has 0 saturated heterocycles. The average Bonchev–Trinajstić information content (AvgIpc) is 2.98. The summed E-state index contributed by atoms with van der Waals surface area (Å²) in [6, 6.07) is 6.18. The van der Waals surface area contributed by atoms with Gasteiger partial charge < -0.3 is 25.2 Å². The van der Waals surface area contributed by atoms with Crippen molar-refractivity contribution >= 4 is 108 Å². The molecule has 2 aromatic carbocycles. The summed E-state index contributed by atoms with van der Waals surface area (Å²) in [5.41, 5.74) is 0.740. The fourth-order valence-corrected chi connectivity index (χ4v) is 8.11. The first-order valence-electron chi connectivity index (χ1n) is 14.3. The van der Waals surface area contributed by atoms with Gasteiger partial charge in [-0.15, -0.1) is 0 Å². The normalized spacial score (nSPS) is 12.5. The summed E-state index contributed by atoms with van der Waals surface area (Å²) in [6.07, 6.45) is -8.98. The Hall–Kier alpha value is -1.09. The predicted molar refractivity (Wildman–Crippen MR) is 198 cm³/mol. The van der Waals surface area contributed by atoms with Crippen LogP contribution in [-0.2, 0) is 25.5 Å². The second kappa shape index (κ2) is 20.1. The zero-order valence-corrected chi connectivity index (χ0v) is 33.8. The van der Waals surface area contributed by atoms with Crippen LogP contribution in [0.3, 0.4) is 0 Å². The van der Waals surface area contributed by atoms with Crippen LogP contribution in [0.25, 0.3) is 0 Å². The van der Waals surface area contributed by atoms with Crippen molar-refractivity contribution < 1.29 is 55.3 Å². The molecule has 2 amide bonds. The molecule has 2 rings (SSSR count). The number of unbranched alkanes of at least 4 members (excludes halogenated alkanes) is 2. The molecule has 9 nitrogen and oxygen atoms in total. The van der Waals surface area contributed by atoms with Crippen LogP contribution in [0.1, 0.15) is 38.2 Å². The van der Waals surface area contributed by atoms with Crippen molar-refractivity contribution in [2.24, 2.45) is 0 Å².